The summed E-state index contributed by atoms with van der Waals surface area (Å²) in [5.74, 6) is 2.51. The summed E-state index contributed by atoms with van der Waals surface area (Å²) >= 11 is 0. The van der Waals surface area contributed by atoms with Crippen molar-refractivity contribution in [2.24, 2.45) is 5.92 Å². The Kier molecular flexibility index (Phi) is 4.96. The molecule has 0 unspecified atom stereocenters. The van der Waals surface area contributed by atoms with Crippen molar-refractivity contribution in [3.05, 3.63) is 11.6 Å². The van der Waals surface area contributed by atoms with E-state index in [-0.39, 0.29) is 17.9 Å². The molecule has 7 nitrogen and oxygen atoms in total. The third-order valence-electron chi connectivity index (χ3n) is 6.28. The second-order valence-electron chi connectivity index (χ2n) is 7.91. The Morgan fingerprint density at radius 2 is 1.73 bits per heavy atom. The second kappa shape index (κ2) is 7.37. The Morgan fingerprint density at radius 3 is 2.50 bits per heavy atom. The molecule has 1 aromatic heterocycles. The van der Waals surface area contributed by atoms with Crippen LogP contribution in [0.1, 0.15) is 69.6 Å². The first-order chi connectivity index (χ1) is 12.6. The van der Waals surface area contributed by atoms with Crippen LogP contribution in [0.15, 0.2) is 0 Å². The van der Waals surface area contributed by atoms with Crippen molar-refractivity contribution < 1.29 is 9.59 Å². The van der Waals surface area contributed by atoms with Crippen LogP contribution in [0.3, 0.4) is 0 Å². The summed E-state index contributed by atoms with van der Waals surface area (Å²) < 4.78 is 2.17. The zero-order chi connectivity index (χ0) is 18.1. The zero-order valence-electron chi connectivity index (χ0n) is 15.7. The van der Waals surface area contributed by atoms with Gasteiger partial charge in [-0.1, -0.05) is 19.3 Å². The minimum absolute atomic E-state index is 0.0364. The molecule has 2 fully saturated rings. The Balaban J connectivity index is 1.48. The van der Waals surface area contributed by atoms with E-state index in [0.29, 0.717) is 5.91 Å². The predicted molar refractivity (Wildman–Crippen MR) is 96.2 cm³/mol. The lowest BCUT2D eigenvalue weighted by atomic mass is 9.88. The molecule has 142 valence electrons. The normalized spacial score (nSPS) is 24.4. The van der Waals surface area contributed by atoms with E-state index < -0.39 is 0 Å². The quantitative estimate of drug-likeness (QED) is 0.809. The average Bonchev–Trinajstić information content (AvgIpc) is 3.24. The van der Waals surface area contributed by atoms with Gasteiger partial charge >= 0.3 is 0 Å². The highest BCUT2D eigenvalue weighted by molar-refractivity contribution is 5.79. The van der Waals surface area contributed by atoms with E-state index >= 15 is 0 Å². The van der Waals surface area contributed by atoms with E-state index in [2.05, 4.69) is 14.8 Å². The fourth-order valence-electron chi connectivity index (χ4n) is 4.83. The molecule has 1 aromatic rings. The van der Waals surface area contributed by atoms with Crippen LogP contribution < -0.4 is 0 Å². The van der Waals surface area contributed by atoms with Crippen molar-refractivity contribution in [2.45, 2.75) is 70.9 Å². The van der Waals surface area contributed by atoms with Crippen LogP contribution in [0, 0.1) is 5.92 Å². The van der Waals surface area contributed by atoms with Crippen LogP contribution in [-0.4, -0.2) is 56.0 Å². The van der Waals surface area contributed by atoms with Gasteiger partial charge in [0.1, 0.15) is 5.82 Å². The van der Waals surface area contributed by atoms with Crippen LogP contribution in [-0.2, 0) is 22.6 Å². The summed E-state index contributed by atoms with van der Waals surface area (Å²) in [6.07, 6.45) is 8.43. The molecule has 1 saturated carbocycles. The summed E-state index contributed by atoms with van der Waals surface area (Å²) in [5, 5.41) is 8.83. The number of hydrogen-bond acceptors (Lipinski definition) is 4. The maximum Gasteiger partial charge on any atom is 0.225 e. The van der Waals surface area contributed by atoms with Gasteiger partial charge in [0.25, 0.3) is 0 Å². The lowest BCUT2D eigenvalue weighted by molar-refractivity contribution is -0.136. The molecule has 0 N–H and O–H groups in total. The highest BCUT2D eigenvalue weighted by Crippen LogP contribution is 2.32. The average molecular weight is 359 g/mol. The third-order valence-corrected chi connectivity index (χ3v) is 6.28. The zero-order valence-corrected chi connectivity index (χ0v) is 15.7. The van der Waals surface area contributed by atoms with E-state index in [1.807, 2.05) is 9.80 Å². The maximum absolute atomic E-state index is 12.9. The summed E-state index contributed by atoms with van der Waals surface area (Å²) in [6, 6.07) is 0.0364. The molecule has 7 heteroatoms. The fourth-order valence-corrected chi connectivity index (χ4v) is 4.83. The molecule has 2 amide bonds. The molecule has 0 radical (unpaired) electrons. The largest absolute Gasteiger partial charge is 0.340 e. The smallest absolute Gasteiger partial charge is 0.225 e. The lowest BCUT2D eigenvalue weighted by Crippen LogP contribution is -2.39. The van der Waals surface area contributed by atoms with Gasteiger partial charge in [-0.2, -0.15) is 0 Å². The third kappa shape index (κ3) is 3.23. The second-order valence-corrected chi connectivity index (χ2v) is 7.91. The Morgan fingerprint density at radius 1 is 0.923 bits per heavy atom. The number of likely N-dealkylation sites (tertiary alicyclic amines) is 1. The monoisotopic (exact) mass is 359 g/mol. The summed E-state index contributed by atoms with van der Waals surface area (Å²) in [6.45, 7) is 4.62. The van der Waals surface area contributed by atoms with Crippen LogP contribution in [0.2, 0.25) is 0 Å². The molecule has 1 atom stereocenters. The lowest BCUT2D eigenvalue weighted by Gasteiger charge is -2.28. The van der Waals surface area contributed by atoms with Gasteiger partial charge < -0.3 is 14.4 Å². The molecule has 1 aliphatic carbocycles. The number of carbonyl (C=O) groups is 2. The van der Waals surface area contributed by atoms with Crippen molar-refractivity contribution in [3.8, 4) is 0 Å². The molecule has 2 aliphatic heterocycles. The predicted octanol–water partition coefficient (Wildman–Crippen LogP) is 1.93. The van der Waals surface area contributed by atoms with E-state index in [0.717, 1.165) is 69.9 Å². The summed E-state index contributed by atoms with van der Waals surface area (Å²) in [5.41, 5.74) is 0. The highest BCUT2D eigenvalue weighted by Gasteiger charge is 2.34. The van der Waals surface area contributed by atoms with Crippen molar-refractivity contribution in [1.82, 2.24) is 24.6 Å². The van der Waals surface area contributed by atoms with Crippen molar-refractivity contribution >= 4 is 11.8 Å². The van der Waals surface area contributed by atoms with E-state index in [9.17, 15) is 9.59 Å². The minimum Gasteiger partial charge on any atom is -0.340 e. The van der Waals surface area contributed by atoms with Crippen molar-refractivity contribution in [3.63, 3.8) is 0 Å². The first-order valence-corrected chi connectivity index (χ1v) is 10.1. The fraction of sp³-hybridized carbons (Fsp3) is 0.789. The van der Waals surface area contributed by atoms with Crippen LogP contribution in [0.25, 0.3) is 0 Å². The van der Waals surface area contributed by atoms with Gasteiger partial charge in [-0.15, -0.1) is 10.2 Å². The molecule has 0 aromatic carbocycles. The van der Waals surface area contributed by atoms with E-state index in [1.165, 1.54) is 19.3 Å². The van der Waals surface area contributed by atoms with Crippen molar-refractivity contribution in [1.29, 1.82) is 0 Å². The van der Waals surface area contributed by atoms with Gasteiger partial charge in [0.05, 0.1) is 6.04 Å². The molecule has 26 heavy (non-hydrogen) atoms. The number of nitrogens with zero attached hydrogens (tertiary/aromatic N) is 5. The number of aromatic nitrogens is 3. The van der Waals surface area contributed by atoms with Crippen molar-refractivity contribution in [2.75, 3.05) is 19.6 Å². The number of rotatable bonds is 2. The molecule has 0 spiro atoms. The molecule has 0 bridgehead atoms. The topological polar surface area (TPSA) is 71.3 Å². The molecule has 4 rings (SSSR count). The van der Waals surface area contributed by atoms with Gasteiger partial charge in [0, 0.05) is 45.4 Å². The summed E-state index contributed by atoms with van der Waals surface area (Å²) in [4.78, 5) is 28.8. The number of carbonyl (C=O) groups excluding carboxylic acids is 2. The maximum atomic E-state index is 12.9. The summed E-state index contributed by atoms with van der Waals surface area (Å²) in [7, 11) is 0. The molecule has 1 saturated heterocycles. The molecular formula is C19H29N5O2. The molecule has 3 heterocycles. The highest BCUT2D eigenvalue weighted by atomic mass is 16.2. The first-order valence-electron chi connectivity index (χ1n) is 10.1. The number of hydrogen-bond donors (Lipinski definition) is 0. The van der Waals surface area contributed by atoms with Crippen LogP contribution in [0.5, 0.6) is 0 Å². The Hall–Kier alpha value is -1.92. The van der Waals surface area contributed by atoms with Gasteiger partial charge in [-0.05, 0) is 25.7 Å². The molecular weight excluding hydrogens is 330 g/mol. The number of amides is 2. The minimum atomic E-state index is 0.0364. The van der Waals surface area contributed by atoms with Crippen LogP contribution in [0.4, 0.5) is 0 Å². The van der Waals surface area contributed by atoms with Gasteiger partial charge in [0.2, 0.25) is 11.8 Å². The van der Waals surface area contributed by atoms with E-state index in [1.54, 1.807) is 6.92 Å². The SMILES string of the molecule is CC(=O)N1CCC[C@H]1c1nnc2n1CCN(C(=O)C1CCCCC1)CC2. The van der Waals surface area contributed by atoms with Gasteiger partial charge in [-0.3, -0.25) is 9.59 Å². The van der Waals surface area contributed by atoms with Gasteiger partial charge in [0.15, 0.2) is 5.82 Å². The molecule has 3 aliphatic rings. The Bertz CT molecular complexity index is 679. The standard InChI is InChI=1S/C19H29N5O2/c1-14(25)23-10-5-8-16(23)18-21-20-17-9-11-22(12-13-24(17)18)19(26)15-6-3-2-4-7-15/h15-16H,2-13H2,1H3/t16-/m0/s1. The van der Waals surface area contributed by atoms with Crippen LogP contribution >= 0.6 is 0 Å². The van der Waals surface area contributed by atoms with E-state index in [4.69, 9.17) is 0 Å². The Labute approximate surface area is 154 Å². The van der Waals surface area contributed by atoms with Gasteiger partial charge in [-0.25, -0.2) is 0 Å². The number of fused-ring (bicyclic) bond motifs is 1. The first kappa shape index (κ1) is 17.5.